The molecule has 0 bridgehead atoms. The number of aromatic nitrogens is 3. The third kappa shape index (κ3) is 2.76. The van der Waals surface area contributed by atoms with Crippen LogP contribution in [0.25, 0.3) is 0 Å². The minimum atomic E-state index is -0.408. The number of amides is 2. The lowest BCUT2D eigenvalue weighted by Crippen LogP contribution is -2.19. The van der Waals surface area contributed by atoms with E-state index in [2.05, 4.69) is 25.8 Å². The van der Waals surface area contributed by atoms with Crippen molar-refractivity contribution < 1.29 is 9.59 Å². The van der Waals surface area contributed by atoms with Crippen LogP contribution in [0.1, 0.15) is 26.5 Å². The Morgan fingerprint density at radius 2 is 2.05 bits per heavy atom. The first-order chi connectivity index (χ1) is 9.11. The van der Waals surface area contributed by atoms with E-state index >= 15 is 0 Å². The van der Waals surface area contributed by atoms with Gasteiger partial charge in [-0.25, -0.2) is 4.98 Å². The van der Waals surface area contributed by atoms with Crippen LogP contribution < -0.4 is 10.6 Å². The highest BCUT2D eigenvalue weighted by molar-refractivity contribution is 6.03. The summed E-state index contributed by atoms with van der Waals surface area (Å²) in [5, 5.41) is 11.3. The van der Waals surface area contributed by atoms with E-state index in [4.69, 9.17) is 0 Å². The minimum absolute atomic E-state index is 0.116. The average molecular weight is 259 g/mol. The quantitative estimate of drug-likeness (QED) is 0.756. The third-order valence-corrected chi connectivity index (χ3v) is 2.61. The van der Waals surface area contributed by atoms with Crippen LogP contribution in [-0.4, -0.2) is 34.0 Å². The van der Waals surface area contributed by atoms with Gasteiger partial charge in [-0.1, -0.05) is 6.07 Å². The maximum Gasteiger partial charge on any atom is 0.292 e. The fourth-order valence-electron chi connectivity index (χ4n) is 1.54. The Kier molecular flexibility index (Phi) is 3.56. The van der Waals surface area contributed by atoms with Gasteiger partial charge in [-0.05, 0) is 24.6 Å². The van der Waals surface area contributed by atoms with Crippen molar-refractivity contribution in [3.63, 3.8) is 0 Å². The number of H-pyrrole nitrogens is 1. The molecule has 0 fully saturated rings. The lowest BCUT2D eigenvalue weighted by Gasteiger charge is -2.09. The Bertz CT molecular complexity index is 607. The van der Waals surface area contributed by atoms with E-state index < -0.39 is 5.91 Å². The summed E-state index contributed by atoms with van der Waals surface area (Å²) in [5.74, 6) is -0.505. The zero-order valence-corrected chi connectivity index (χ0v) is 10.5. The number of carbonyl (C=O) groups is 2. The summed E-state index contributed by atoms with van der Waals surface area (Å²) >= 11 is 0. The van der Waals surface area contributed by atoms with Crippen LogP contribution in [0.4, 0.5) is 5.69 Å². The normalized spacial score (nSPS) is 10.0. The molecule has 19 heavy (non-hydrogen) atoms. The van der Waals surface area contributed by atoms with Crippen LogP contribution in [0, 0.1) is 6.92 Å². The van der Waals surface area contributed by atoms with Gasteiger partial charge in [0.2, 0.25) is 5.82 Å². The number of anilines is 1. The number of benzene rings is 1. The number of nitrogens with one attached hydrogen (secondary N) is 3. The molecule has 98 valence electrons. The molecule has 0 aliphatic rings. The van der Waals surface area contributed by atoms with Crippen LogP contribution >= 0.6 is 0 Å². The average Bonchev–Trinajstić information content (AvgIpc) is 2.94. The maximum absolute atomic E-state index is 11.8. The number of aromatic amines is 1. The first-order valence-corrected chi connectivity index (χ1v) is 5.61. The molecule has 0 aliphatic heterocycles. The minimum Gasteiger partial charge on any atom is -0.355 e. The van der Waals surface area contributed by atoms with E-state index in [9.17, 15) is 9.59 Å². The number of rotatable bonds is 3. The van der Waals surface area contributed by atoms with Crippen molar-refractivity contribution in [2.45, 2.75) is 6.92 Å². The van der Waals surface area contributed by atoms with Gasteiger partial charge in [0, 0.05) is 18.3 Å². The zero-order chi connectivity index (χ0) is 13.8. The molecule has 0 radical (unpaired) electrons. The molecular weight excluding hydrogens is 246 g/mol. The Morgan fingerprint density at radius 1 is 1.26 bits per heavy atom. The van der Waals surface area contributed by atoms with Crippen molar-refractivity contribution in [2.24, 2.45) is 0 Å². The molecule has 0 saturated heterocycles. The van der Waals surface area contributed by atoms with Gasteiger partial charge in [-0.2, -0.15) is 5.10 Å². The molecule has 0 aliphatic carbocycles. The highest BCUT2D eigenvalue weighted by Gasteiger charge is 2.12. The molecule has 2 amide bonds. The summed E-state index contributed by atoms with van der Waals surface area (Å²) in [5.41, 5.74) is 1.88. The standard InChI is InChI=1S/C12H13N5O2/c1-7-3-4-8(11(18)13-2)5-9(7)16-12(19)10-14-6-15-17-10/h3-6H,1-2H3,(H,13,18)(H,16,19)(H,14,15,17). The Labute approximate surface area is 109 Å². The van der Waals surface area contributed by atoms with E-state index in [-0.39, 0.29) is 11.7 Å². The van der Waals surface area contributed by atoms with Gasteiger partial charge in [0.25, 0.3) is 11.8 Å². The van der Waals surface area contributed by atoms with Crippen molar-refractivity contribution in [1.29, 1.82) is 0 Å². The Hall–Kier alpha value is -2.70. The summed E-state index contributed by atoms with van der Waals surface area (Å²) in [4.78, 5) is 27.1. The SMILES string of the molecule is CNC(=O)c1ccc(C)c(NC(=O)c2ncn[nH]2)c1. The van der Waals surface area contributed by atoms with E-state index in [0.717, 1.165) is 5.56 Å². The van der Waals surface area contributed by atoms with Crippen molar-refractivity contribution >= 4 is 17.5 Å². The molecule has 7 nitrogen and oxygen atoms in total. The first kappa shape index (κ1) is 12.7. The van der Waals surface area contributed by atoms with Crippen LogP contribution in [0.5, 0.6) is 0 Å². The van der Waals surface area contributed by atoms with E-state index in [1.165, 1.54) is 6.33 Å². The number of nitrogens with zero attached hydrogens (tertiary/aromatic N) is 2. The summed E-state index contributed by atoms with van der Waals surface area (Å²) in [7, 11) is 1.55. The molecule has 2 rings (SSSR count). The van der Waals surface area contributed by atoms with Crippen LogP contribution in [0.2, 0.25) is 0 Å². The second-order valence-electron chi connectivity index (χ2n) is 3.90. The van der Waals surface area contributed by atoms with Gasteiger partial charge >= 0.3 is 0 Å². The summed E-state index contributed by atoms with van der Waals surface area (Å²) in [6.07, 6.45) is 1.25. The largest absolute Gasteiger partial charge is 0.355 e. The highest BCUT2D eigenvalue weighted by atomic mass is 16.2. The molecule has 1 aromatic heterocycles. The van der Waals surface area contributed by atoms with Gasteiger partial charge < -0.3 is 10.6 Å². The molecule has 1 aromatic carbocycles. The van der Waals surface area contributed by atoms with Crippen molar-refractivity contribution in [2.75, 3.05) is 12.4 Å². The first-order valence-electron chi connectivity index (χ1n) is 5.61. The molecule has 0 atom stereocenters. The number of aryl methyl sites for hydroxylation is 1. The smallest absolute Gasteiger partial charge is 0.292 e. The van der Waals surface area contributed by atoms with E-state index in [0.29, 0.717) is 11.3 Å². The van der Waals surface area contributed by atoms with Gasteiger partial charge in [0.1, 0.15) is 6.33 Å². The monoisotopic (exact) mass is 259 g/mol. The van der Waals surface area contributed by atoms with Crippen molar-refractivity contribution in [3.8, 4) is 0 Å². The molecule has 0 saturated carbocycles. The highest BCUT2D eigenvalue weighted by Crippen LogP contribution is 2.17. The topological polar surface area (TPSA) is 99.8 Å². The second kappa shape index (κ2) is 5.30. The molecular formula is C12H13N5O2. The lowest BCUT2D eigenvalue weighted by atomic mass is 10.1. The lowest BCUT2D eigenvalue weighted by molar-refractivity contribution is 0.0961. The number of carbonyl (C=O) groups excluding carboxylic acids is 2. The van der Waals surface area contributed by atoms with Crippen LogP contribution in [0.15, 0.2) is 24.5 Å². The molecule has 7 heteroatoms. The predicted molar refractivity (Wildman–Crippen MR) is 68.9 cm³/mol. The predicted octanol–water partition coefficient (Wildman–Crippen LogP) is 0.725. The van der Waals surface area contributed by atoms with Gasteiger partial charge in [0.15, 0.2) is 0 Å². The fraction of sp³-hybridized carbons (Fsp3) is 0.167. The molecule has 1 heterocycles. The Balaban J connectivity index is 2.24. The molecule has 3 N–H and O–H groups in total. The van der Waals surface area contributed by atoms with Crippen molar-refractivity contribution in [1.82, 2.24) is 20.5 Å². The Morgan fingerprint density at radius 3 is 2.68 bits per heavy atom. The van der Waals surface area contributed by atoms with Crippen LogP contribution in [-0.2, 0) is 0 Å². The molecule has 0 unspecified atom stereocenters. The zero-order valence-electron chi connectivity index (χ0n) is 10.5. The number of hydrogen-bond acceptors (Lipinski definition) is 4. The van der Waals surface area contributed by atoms with Crippen molar-refractivity contribution in [3.05, 3.63) is 41.5 Å². The van der Waals surface area contributed by atoms with E-state index in [1.54, 1.807) is 25.2 Å². The molecule has 0 spiro atoms. The molecule has 2 aromatic rings. The van der Waals surface area contributed by atoms with Gasteiger partial charge in [0.05, 0.1) is 0 Å². The van der Waals surface area contributed by atoms with Gasteiger partial charge in [-0.3, -0.25) is 14.7 Å². The summed E-state index contributed by atoms with van der Waals surface area (Å²) < 4.78 is 0. The third-order valence-electron chi connectivity index (χ3n) is 2.61. The van der Waals surface area contributed by atoms with E-state index in [1.807, 2.05) is 6.92 Å². The van der Waals surface area contributed by atoms with Gasteiger partial charge in [-0.15, -0.1) is 0 Å². The van der Waals surface area contributed by atoms with Crippen LogP contribution in [0.3, 0.4) is 0 Å². The number of hydrogen-bond donors (Lipinski definition) is 3. The second-order valence-corrected chi connectivity index (χ2v) is 3.90. The maximum atomic E-state index is 11.8. The fourth-order valence-corrected chi connectivity index (χ4v) is 1.54. The summed E-state index contributed by atoms with van der Waals surface area (Å²) in [6.45, 7) is 1.84. The summed E-state index contributed by atoms with van der Waals surface area (Å²) in [6, 6.07) is 5.07.